The van der Waals surface area contributed by atoms with Gasteiger partial charge in [0, 0.05) is 12.7 Å². The van der Waals surface area contributed by atoms with Gasteiger partial charge < -0.3 is 5.32 Å². The lowest BCUT2D eigenvalue weighted by Crippen LogP contribution is -2.12. The van der Waals surface area contributed by atoms with Gasteiger partial charge in [-0.1, -0.05) is 12.1 Å². The lowest BCUT2D eigenvalue weighted by Gasteiger charge is -2.08. The van der Waals surface area contributed by atoms with Crippen molar-refractivity contribution in [1.82, 2.24) is 9.97 Å². The zero-order valence-corrected chi connectivity index (χ0v) is 10.9. The fourth-order valence-corrected chi connectivity index (χ4v) is 1.68. The van der Waals surface area contributed by atoms with Crippen LogP contribution in [0.1, 0.15) is 5.56 Å². The van der Waals surface area contributed by atoms with Crippen molar-refractivity contribution in [1.29, 1.82) is 0 Å². The van der Waals surface area contributed by atoms with Crippen LogP contribution >= 0.6 is 15.9 Å². The molecule has 0 saturated heterocycles. The number of benzene rings is 1. The number of nitrogen functional groups attached to an aromatic ring is 1. The normalized spacial score (nSPS) is 10.2. The van der Waals surface area contributed by atoms with Gasteiger partial charge in [0.25, 0.3) is 0 Å². The fourth-order valence-electron chi connectivity index (χ4n) is 1.35. The molecule has 1 aromatic heterocycles. The highest BCUT2D eigenvalue weighted by molar-refractivity contribution is 9.10. The first kappa shape index (κ1) is 12.7. The Morgan fingerprint density at radius 1 is 1.28 bits per heavy atom. The number of hydrogen-bond acceptors (Lipinski definition) is 5. The SMILES string of the molecule is NNc1ncc(Br)c(NCc2ccc(F)cc2)n1. The highest BCUT2D eigenvalue weighted by atomic mass is 79.9. The van der Waals surface area contributed by atoms with Crippen LogP contribution < -0.4 is 16.6 Å². The molecule has 1 aromatic carbocycles. The first-order chi connectivity index (χ1) is 8.69. The van der Waals surface area contributed by atoms with Crippen molar-refractivity contribution in [3.63, 3.8) is 0 Å². The maximum absolute atomic E-state index is 12.7. The summed E-state index contributed by atoms with van der Waals surface area (Å²) in [7, 11) is 0. The van der Waals surface area contributed by atoms with Gasteiger partial charge in [-0.05, 0) is 33.6 Å². The molecule has 2 aromatic rings. The first-order valence-corrected chi connectivity index (χ1v) is 5.96. The van der Waals surface area contributed by atoms with Crippen LogP contribution in [0, 0.1) is 5.82 Å². The largest absolute Gasteiger partial charge is 0.365 e. The van der Waals surface area contributed by atoms with Gasteiger partial charge in [-0.25, -0.2) is 15.2 Å². The summed E-state index contributed by atoms with van der Waals surface area (Å²) in [5, 5.41) is 3.11. The average Bonchev–Trinajstić information content (AvgIpc) is 2.40. The fraction of sp³-hybridized carbons (Fsp3) is 0.0909. The summed E-state index contributed by atoms with van der Waals surface area (Å²) in [6.07, 6.45) is 1.59. The van der Waals surface area contributed by atoms with Crippen molar-refractivity contribution in [3.05, 3.63) is 46.3 Å². The Labute approximate surface area is 112 Å². The molecule has 7 heteroatoms. The lowest BCUT2D eigenvalue weighted by atomic mass is 10.2. The second-order valence-electron chi connectivity index (χ2n) is 3.51. The molecule has 5 nitrogen and oxygen atoms in total. The summed E-state index contributed by atoms with van der Waals surface area (Å²) < 4.78 is 13.5. The Hall–Kier alpha value is -1.73. The Morgan fingerprint density at radius 2 is 2.00 bits per heavy atom. The van der Waals surface area contributed by atoms with E-state index in [1.54, 1.807) is 18.3 Å². The highest BCUT2D eigenvalue weighted by Crippen LogP contribution is 2.20. The van der Waals surface area contributed by atoms with Crippen molar-refractivity contribution in [3.8, 4) is 0 Å². The summed E-state index contributed by atoms with van der Waals surface area (Å²) in [5.41, 5.74) is 3.32. The molecule has 0 aliphatic heterocycles. The molecule has 0 fully saturated rings. The molecule has 2 rings (SSSR count). The van der Waals surface area contributed by atoms with E-state index in [1.807, 2.05) is 0 Å². The molecular formula is C11H11BrFN5. The third-order valence-corrected chi connectivity index (χ3v) is 2.83. The number of nitrogens with one attached hydrogen (secondary N) is 2. The zero-order chi connectivity index (χ0) is 13.0. The van der Waals surface area contributed by atoms with E-state index in [9.17, 15) is 4.39 Å². The van der Waals surface area contributed by atoms with Gasteiger partial charge in [-0.15, -0.1) is 0 Å². The second kappa shape index (κ2) is 5.74. The van der Waals surface area contributed by atoms with Crippen LogP contribution in [0.4, 0.5) is 16.2 Å². The molecule has 0 unspecified atom stereocenters. The summed E-state index contributed by atoms with van der Waals surface area (Å²) >= 11 is 3.33. The number of hydrogen-bond donors (Lipinski definition) is 3. The molecule has 0 bridgehead atoms. The van der Waals surface area contributed by atoms with Gasteiger partial charge >= 0.3 is 0 Å². The van der Waals surface area contributed by atoms with E-state index in [0.29, 0.717) is 18.3 Å². The van der Waals surface area contributed by atoms with Crippen LogP contribution in [-0.2, 0) is 6.54 Å². The molecule has 0 saturated carbocycles. The first-order valence-electron chi connectivity index (χ1n) is 5.16. The maximum Gasteiger partial charge on any atom is 0.239 e. The third kappa shape index (κ3) is 3.14. The van der Waals surface area contributed by atoms with Gasteiger partial charge in [-0.3, -0.25) is 5.43 Å². The van der Waals surface area contributed by atoms with Crippen LogP contribution in [0.2, 0.25) is 0 Å². The maximum atomic E-state index is 12.7. The van der Waals surface area contributed by atoms with Gasteiger partial charge in [0.1, 0.15) is 11.6 Å². The molecule has 0 spiro atoms. The molecule has 0 radical (unpaired) electrons. The molecule has 0 aliphatic rings. The minimum atomic E-state index is -0.253. The molecular weight excluding hydrogens is 301 g/mol. The highest BCUT2D eigenvalue weighted by Gasteiger charge is 2.04. The van der Waals surface area contributed by atoms with Crippen molar-refractivity contribution in [2.24, 2.45) is 5.84 Å². The summed E-state index contributed by atoms with van der Waals surface area (Å²) in [4.78, 5) is 8.08. The minimum Gasteiger partial charge on any atom is -0.365 e. The molecule has 0 amide bonds. The monoisotopic (exact) mass is 311 g/mol. The average molecular weight is 312 g/mol. The van der Waals surface area contributed by atoms with E-state index >= 15 is 0 Å². The molecule has 18 heavy (non-hydrogen) atoms. The van der Waals surface area contributed by atoms with Crippen molar-refractivity contribution < 1.29 is 4.39 Å². The predicted octanol–water partition coefficient (Wildman–Crippen LogP) is 2.28. The van der Waals surface area contributed by atoms with Gasteiger partial charge in [0.2, 0.25) is 5.95 Å². The predicted molar refractivity (Wildman–Crippen MR) is 71.3 cm³/mol. The van der Waals surface area contributed by atoms with Crippen LogP contribution in [0.3, 0.4) is 0 Å². The number of halogens is 2. The molecule has 94 valence electrons. The van der Waals surface area contributed by atoms with Crippen LogP contribution in [0.25, 0.3) is 0 Å². The van der Waals surface area contributed by atoms with Gasteiger partial charge in [0.05, 0.1) is 4.47 Å². The van der Waals surface area contributed by atoms with Crippen LogP contribution in [0.15, 0.2) is 34.9 Å². The van der Waals surface area contributed by atoms with E-state index in [-0.39, 0.29) is 5.82 Å². The van der Waals surface area contributed by atoms with Crippen molar-refractivity contribution >= 4 is 27.7 Å². The number of aromatic nitrogens is 2. The topological polar surface area (TPSA) is 75.9 Å². The Morgan fingerprint density at radius 3 is 2.67 bits per heavy atom. The zero-order valence-electron chi connectivity index (χ0n) is 9.32. The summed E-state index contributed by atoms with van der Waals surface area (Å²) in [5.74, 6) is 5.91. The smallest absolute Gasteiger partial charge is 0.239 e. The molecule has 4 N–H and O–H groups in total. The van der Waals surface area contributed by atoms with Crippen molar-refractivity contribution in [2.45, 2.75) is 6.54 Å². The number of nitrogens with two attached hydrogens (primary N) is 1. The van der Waals surface area contributed by atoms with Crippen LogP contribution in [0.5, 0.6) is 0 Å². The molecule has 0 atom stereocenters. The summed E-state index contributed by atoms with van der Waals surface area (Å²) in [6.45, 7) is 0.528. The van der Waals surface area contributed by atoms with Gasteiger partial charge in [0.15, 0.2) is 0 Å². The van der Waals surface area contributed by atoms with E-state index in [4.69, 9.17) is 5.84 Å². The van der Waals surface area contributed by atoms with E-state index in [1.165, 1.54) is 12.1 Å². The van der Waals surface area contributed by atoms with E-state index in [2.05, 4.69) is 36.6 Å². The second-order valence-corrected chi connectivity index (χ2v) is 4.37. The number of rotatable bonds is 4. The number of nitrogens with zero attached hydrogens (tertiary/aromatic N) is 2. The van der Waals surface area contributed by atoms with E-state index < -0.39 is 0 Å². The van der Waals surface area contributed by atoms with E-state index in [0.717, 1.165) is 10.0 Å². The third-order valence-electron chi connectivity index (χ3n) is 2.25. The lowest BCUT2D eigenvalue weighted by molar-refractivity contribution is 0.627. The van der Waals surface area contributed by atoms with Gasteiger partial charge in [-0.2, -0.15) is 4.98 Å². The van der Waals surface area contributed by atoms with Crippen LogP contribution in [-0.4, -0.2) is 9.97 Å². The molecule has 0 aliphatic carbocycles. The standard InChI is InChI=1S/C11H11BrFN5/c12-9-6-16-11(18-14)17-10(9)15-5-7-1-3-8(13)4-2-7/h1-4,6H,5,14H2,(H2,15,16,17,18). The Balaban J connectivity index is 2.07. The quantitative estimate of drug-likeness (QED) is 0.596. The Bertz CT molecular complexity index is 531. The minimum absolute atomic E-state index is 0.253. The number of anilines is 2. The summed E-state index contributed by atoms with van der Waals surface area (Å²) in [6, 6.07) is 6.25. The Kier molecular flexibility index (Phi) is 4.06. The number of hydrazine groups is 1. The molecule has 1 heterocycles. The van der Waals surface area contributed by atoms with Crippen molar-refractivity contribution in [2.75, 3.05) is 10.7 Å².